The van der Waals surface area contributed by atoms with E-state index in [0.29, 0.717) is 19.4 Å². The smallest absolute Gasteiger partial charge is 0.272 e. The van der Waals surface area contributed by atoms with E-state index >= 15 is 0 Å². The molecule has 1 rings (SSSR count). The van der Waals surface area contributed by atoms with Crippen molar-refractivity contribution < 1.29 is 17.9 Å². The SMILES string of the molecule is C=N/C=C(\C=C(\F)COCCN1C=C(C(C)Cl)C(/C=C\CC(C)C)N1C)C(C)(F)F. The van der Waals surface area contributed by atoms with E-state index < -0.39 is 23.9 Å². The lowest BCUT2D eigenvalue weighted by atomic mass is 10.0. The molecule has 0 fully saturated rings. The molecule has 2 unspecified atom stereocenters. The van der Waals surface area contributed by atoms with Crippen molar-refractivity contribution in [1.82, 2.24) is 10.0 Å². The molecule has 30 heavy (non-hydrogen) atoms. The maximum atomic E-state index is 14.0. The summed E-state index contributed by atoms with van der Waals surface area (Å²) in [7, 11) is 1.95. The molecule has 0 saturated heterocycles. The molecule has 0 radical (unpaired) electrons. The van der Waals surface area contributed by atoms with Gasteiger partial charge in [0.2, 0.25) is 0 Å². The van der Waals surface area contributed by atoms with E-state index in [2.05, 4.69) is 42.7 Å². The van der Waals surface area contributed by atoms with Crippen LogP contribution in [-0.2, 0) is 4.74 Å². The molecule has 0 saturated carbocycles. The molecule has 1 aliphatic heterocycles. The van der Waals surface area contributed by atoms with Gasteiger partial charge < -0.3 is 9.75 Å². The fraction of sp³-hybridized carbons (Fsp3) is 0.591. The molecule has 0 amide bonds. The number of hydrogen-bond donors (Lipinski definition) is 0. The molecule has 1 heterocycles. The predicted molar refractivity (Wildman–Crippen MR) is 119 cm³/mol. The fourth-order valence-electron chi connectivity index (χ4n) is 2.90. The van der Waals surface area contributed by atoms with Gasteiger partial charge in [-0.3, -0.25) is 4.99 Å². The molecule has 0 N–H and O–H groups in total. The van der Waals surface area contributed by atoms with Gasteiger partial charge in [0.15, 0.2) is 0 Å². The monoisotopic (exact) mass is 447 g/mol. The van der Waals surface area contributed by atoms with Crippen molar-refractivity contribution in [3.8, 4) is 0 Å². The van der Waals surface area contributed by atoms with E-state index in [1.165, 1.54) is 0 Å². The molecule has 8 heteroatoms. The lowest BCUT2D eigenvalue weighted by Gasteiger charge is -2.29. The molecule has 2 atom stereocenters. The van der Waals surface area contributed by atoms with Gasteiger partial charge in [-0.25, -0.2) is 18.2 Å². The highest BCUT2D eigenvalue weighted by molar-refractivity contribution is 6.22. The Kier molecular flexibility index (Phi) is 10.9. The second-order valence-electron chi connectivity index (χ2n) is 7.78. The summed E-state index contributed by atoms with van der Waals surface area (Å²) in [6, 6.07) is 0.0544. The van der Waals surface area contributed by atoms with Crippen molar-refractivity contribution in [1.29, 1.82) is 0 Å². The van der Waals surface area contributed by atoms with Crippen LogP contribution in [0.1, 0.15) is 34.1 Å². The zero-order chi connectivity index (χ0) is 22.9. The summed E-state index contributed by atoms with van der Waals surface area (Å²) in [6.45, 7) is 10.3. The Morgan fingerprint density at radius 3 is 2.60 bits per heavy atom. The Balaban J connectivity index is 2.64. The molecule has 1 aliphatic rings. The van der Waals surface area contributed by atoms with Gasteiger partial charge >= 0.3 is 0 Å². The van der Waals surface area contributed by atoms with E-state index in [4.69, 9.17) is 16.3 Å². The Morgan fingerprint density at radius 2 is 2.07 bits per heavy atom. The highest BCUT2D eigenvalue weighted by atomic mass is 35.5. The van der Waals surface area contributed by atoms with Gasteiger partial charge in [0.1, 0.15) is 5.83 Å². The third-order valence-corrected chi connectivity index (χ3v) is 4.84. The number of likely N-dealkylation sites (N-methyl/N-ethyl adjacent to an activating group) is 1. The Morgan fingerprint density at radius 1 is 1.40 bits per heavy atom. The average molecular weight is 448 g/mol. The summed E-state index contributed by atoms with van der Waals surface area (Å²) in [4.78, 5) is 3.29. The first-order valence-electron chi connectivity index (χ1n) is 9.97. The fourth-order valence-corrected chi connectivity index (χ4v) is 3.09. The number of rotatable bonds is 12. The van der Waals surface area contributed by atoms with E-state index in [1.807, 2.05) is 25.2 Å². The molecule has 170 valence electrons. The number of allylic oxidation sites excluding steroid dienone is 3. The normalized spacial score (nSPS) is 20.4. The minimum Gasteiger partial charge on any atom is -0.372 e. The Hall–Kier alpha value is -1.57. The second kappa shape index (κ2) is 12.3. The van der Waals surface area contributed by atoms with Crippen LogP contribution in [0.3, 0.4) is 0 Å². The summed E-state index contributed by atoms with van der Waals surface area (Å²) >= 11 is 6.34. The van der Waals surface area contributed by atoms with Crippen molar-refractivity contribution in [2.45, 2.75) is 51.5 Å². The van der Waals surface area contributed by atoms with Gasteiger partial charge in [0, 0.05) is 31.9 Å². The summed E-state index contributed by atoms with van der Waals surface area (Å²) in [5, 5.41) is 3.88. The molecule has 0 aromatic rings. The van der Waals surface area contributed by atoms with Gasteiger partial charge in [-0.1, -0.05) is 26.0 Å². The molecule has 0 spiro atoms. The maximum absolute atomic E-state index is 14.0. The molecule has 0 aromatic heterocycles. The van der Waals surface area contributed by atoms with Crippen LogP contribution in [0.5, 0.6) is 0 Å². The minimum atomic E-state index is -3.21. The molecule has 0 bridgehead atoms. The second-order valence-corrected chi connectivity index (χ2v) is 8.44. The van der Waals surface area contributed by atoms with Crippen LogP contribution in [0.2, 0.25) is 0 Å². The van der Waals surface area contributed by atoms with Crippen LogP contribution in [0.4, 0.5) is 13.2 Å². The van der Waals surface area contributed by atoms with Crippen molar-refractivity contribution in [2.75, 3.05) is 26.8 Å². The molecule has 0 aromatic carbocycles. The first-order valence-corrected chi connectivity index (χ1v) is 10.4. The van der Waals surface area contributed by atoms with E-state index in [-0.39, 0.29) is 18.0 Å². The quantitative estimate of drug-likeness (QED) is 0.125. The lowest BCUT2D eigenvalue weighted by Crippen LogP contribution is -2.39. The first kappa shape index (κ1) is 26.5. The van der Waals surface area contributed by atoms with Gasteiger partial charge in [-0.2, -0.15) is 0 Å². The van der Waals surface area contributed by atoms with E-state index in [1.54, 1.807) is 0 Å². The number of hydrogen-bond acceptors (Lipinski definition) is 4. The molecule has 4 nitrogen and oxygen atoms in total. The average Bonchev–Trinajstić information content (AvgIpc) is 2.94. The number of nitrogens with zero attached hydrogens (tertiary/aromatic N) is 3. The Bertz CT molecular complexity index is 682. The third-order valence-electron chi connectivity index (χ3n) is 4.59. The highest BCUT2D eigenvalue weighted by Gasteiger charge is 2.30. The summed E-state index contributed by atoms with van der Waals surface area (Å²) < 4.78 is 46.1. The van der Waals surface area contributed by atoms with Crippen molar-refractivity contribution >= 4 is 18.3 Å². The van der Waals surface area contributed by atoms with E-state index in [0.717, 1.165) is 24.3 Å². The van der Waals surface area contributed by atoms with Crippen LogP contribution in [0, 0.1) is 5.92 Å². The largest absolute Gasteiger partial charge is 0.372 e. The van der Waals surface area contributed by atoms with Crippen LogP contribution < -0.4 is 0 Å². The topological polar surface area (TPSA) is 28.1 Å². The van der Waals surface area contributed by atoms with Crippen molar-refractivity contribution in [3.63, 3.8) is 0 Å². The van der Waals surface area contributed by atoms with Crippen molar-refractivity contribution in [2.24, 2.45) is 10.9 Å². The third kappa shape index (κ3) is 8.66. The number of aliphatic imine (C=N–C) groups is 1. The molecule has 0 aliphatic carbocycles. The number of halogens is 4. The van der Waals surface area contributed by atoms with Crippen molar-refractivity contribution in [3.05, 3.63) is 47.6 Å². The number of hydrazine groups is 1. The summed E-state index contributed by atoms with van der Waals surface area (Å²) in [6.07, 6.45) is 8.83. The summed E-state index contributed by atoms with van der Waals surface area (Å²) in [5.74, 6) is -3.44. The van der Waals surface area contributed by atoms with Gasteiger partial charge in [-0.15, -0.1) is 11.6 Å². The zero-order valence-electron chi connectivity index (χ0n) is 18.4. The predicted octanol–water partition coefficient (Wildman–Crippen LogP) is 5.74. The molecular formula is C22H33ClF3N3O. The maximum Gasteiger partial charge on any atom is 0.272 e. The number of ether oxygens (including phenoxy) is 1. The highest BCUT2D eigenvalue weighted by Crippen LogP contribution is 2.28. The van der Waals surface area contributed by atoms with Gasteiger partial charge in [-0.05, 0) is 37.6 Å². The standard InChI is InChI=1S/C22H33ClF3N3O/c1-16(2)8-7-9-21-20(17(3)23)14-29(28(21)6)10-11-30-15-19(24)12-18(13-27-5)22(4,25)26/h7,9,12-14,16-17,21H,5,8,10-11,15H2,1-4,6H3/b9-7-,18-13+,19-12+. The van der Waals surface area contributed by atoms with Gasteiger partial charge in [0.05, 0.1) is 31.2 Å². The van der Waals surface area contributed by atoms with Gasteiger partial charge in [0.25, 0.3) is 5.92 Å². The van der Waals surface area contributed by atoms with Crippen LogP contribution in [0.15, 0.2) is 52.6 Å². The molecular weight excluding hydrogens is 415 g/mol. The minimum absolute atomic E-state index is 0.0544. The zero-order valence-corrected chi connectivity index (χ0v) is 19.2. The Labute approximate surface area is 183 Å². The summed E-state index contributed by atoms with van der Waals surface area (Å²) in [5.41, 5.74) is 0.514. The first-order chi connectivity index (χ1) is 14.0. The lowest BCUT2D eigenvalue weighted by molar-refractivity contribution is 0.0255. The van der Waals surface area contributed by atoms with Crippen LogP contribution >= 0.6 is 11.6 Å². The van der Waals surface area contributed by atoms with E-state index in [9.17, 15) is 13.2 Å². The number of alkyl halides is 3. The van der Waals surface area contributed by atoms with Crippen LogP contribution in [-0.4, -0.2) is 60.9 Å². The van der Waals surface area contributed by atoms with Crippen LogP contribution in [0.25, 0.3) is 0 Å².